The predicted molar refractivity (Wildman–Crippen MR) is 154 cm³/mol. The lowest BCUT2D eigenvalue weighted by Gasteiger charge is -2.32. The smallest absolute Gasteiger partial charge is 0.251 e. The molecular formula is C30H35N7O4. The molecule has 1 aliphatic rings. The van der Waals surface area contributed by atoms with Crippen LogP contribution in [0.15, 0.2) is 65.1 Å². The van der Waals surface area contributed by atoms with E-state index < -0.39 is 6.04 Å². The Kier molecular flexibility index (Phi) is 8.44. The van der Waals surface area contributed by atoms with E-state index in [1.165, 1.54) is 9.70 Å². The highest BCUT2D eigenvalue weighted by Crippen LogP contribution is 2.30. The van der Waals surface area contributed by atoms with Crippen LogP contribution in [0.2, 0.25) is 0 Å². The van der Waals surface area contributed by atoms with Crippen molar-refractivity contribution in [1.29, 1.82) is 0 Å². The number of anilines is 2. The fourth-order valence-electron chi connectivity index (χ4n) is 4.86. The SMILES string of the molecule is Cc1cccc(N(C(=O)Cn2nnc(-c3ccc(C)o3)n2)[C@@H](C(=O)NC[C@@H]2CCCO2)c2ccc(N(C)C)cc2)c1. The van der Waals surface area contributed by atoms with Crippen LogP contribution in [0.25, 0.3) is 11.6 Å². The quantitative estimate of drug-likeness (QED) is 0.314. The zero-order valence-corrected chi connectivity index (χ0v) is 23.8. The summed E-state index contributed by atoms with van der Waals surface area (Å²) in [5.41, 5.74) is 3.20. The number of nitrogens with one attached hydrogen (secondary N) is 1. The van der Waals surface area contributed by atoms with Crippen molar-refractivity contribution in [2.45, 2.75) is 45.4 Å². The van der Waals surface area contributed by atoms with E-state index in [0.717, 1.165) is 29.9 Å². The lowest BCUT2D eigenvalue weighted by Crippen LogP contribution is -2.46. The zero-order valence-electron chi connectivity index (χ0n) is 23.8. The van der Waals surface area contributed by atoms with E-state index in [-0.39, 0.29) is 30.3 Å². The number of carbonyl (C=O) groups excluding carboxylic acids is 2. The Balaban J connectivity index is 1.50. The van der Waals surface area contributed by atoms with E-state index in [4.69, 9.17) is 9.15 Å². The van der Waals surface area contributed by atoms with Gasteiger partial charge < -0.3 is 19.4 Å². The highest BCUT2D eigenvalue weighted by atomic mass is 16.5. The number of furan rings is 1. The van der Waals surface area contributed by atoms with Gasteiger partial charge in [-0.2, -0.15) is 4.80 Å². The Morgan fingerprint density at radius 3 is 2.54 bits per heavy atom. The van der Waals surface area contributed by atoms with Crippen molar-refractivity contribution in [2.24, 2.45) is 0 Å². The summed E-state index contributed by atoms with van der Waals surface area (Å²) in [6.07, 6.45) is 1.81. The molecule has 214 valence electrons. The molecule has 2 aromatic heterocycles. The normalized spacial score (nSPS) is 15.5. The summed E-state index contributed by atoms with van der Waals surface area (Å²) in [4.78, 5) is 32.7. The lowest BCUT2D eigenvalue weighted by atomic mass is 10.0. The first-order valence-corrected chi connectivity index (χ1v) is 13.7. The minimum atomic E-state index is -0.947. The van der Waals surface area contributed by atoms with E-state index in [0.29, 0.717) is 30.2 Å². The van der Waals surface area contributed by atoms with Crippen LogP contribution in [-0.2, 0) is 20.9 Å². The highest BCUT2D eigenvalue weighted by molar-refractivity contribution is 6.01. The third-order valence-corrected chi connectivity index (χ3v) is 7.00. The summed E-state index contributed by atoms with van der Waals surface area (Å²) in [6, 6.07) is 17.8. The number of hydrogen-bond acceptors (Lipinski definition) is 8. The van der Waals surface area contributed by atoms with E-state index >= 15 is 0 Å². The largest absolute Gasteiger partial charge is 0.458 e. The lowest BCUT2D eigenvalue weighted by molar-refractivity contribution is -0.127. The van der Waals surface area contributed by atoms with Gasteiger partial charge in [0.05, 0.1) is 6.10 Å². The van der Waals surface area contributed by atoms with Crippen molar-refractivity contribution in [1.82, 2.24) is 25.5 Å². The third-order valence-electron chi connectivity index (χ3n) is 7.00. The second-order valence-electron chi connectivity index (χ2n) is 10.4. The molecule has 4 aromatic rings. The number of hydrogen-bond donors (Lipinski definition) is 1. The molecule has 11 nitrogen and oxygen atoms in total. The van der Waals surface area contributed by atoms with Gasteiger partial charge in [-0.1, -0.05) is 24.3 Å². The molecule has 0 saturated carbocycles. The van der Waals surface area contributed by atoms with Crippen LogP contribution < -0.4 is 15.1 Å². The van der Waals surface area contributed by atoms with Crippen molar-refractivity contribution in [3.63, 3.8) is 0 Å². The molecule has 2 amide bonds. The molecule has 41 heavy (non-hydrogen) atoms. The molecule has 3 heterocycles. The molecule has 1 saturated heterocycles. The van der Waals surface area contributed by atoms with Gasteiger partial charge in [0.2, 0.25) is 11.7 Å². The summed E-state index contributed by atoms with van der Waals surface area (Å²) in [5, 5.41) is 15.5. The monoisotopic (exact) mass is 557 g/mol. The van der Waals surface area contributed by atoms with Crippen LogP contribution >= 0.6 is 0 Å². The number of benzene rings is 2. The first kappa shape index (κ1) is 28.0. The number of rotatable bonds is 10. The molecule has 1 fully saturated rings. The van der Waals surface area contributed by atoms with Crippen LogP contribution in [0.5, 0.6) is 0 Å². The fraction of sp³-hybridized carbons (Fsp3) is 0.367. The highest BCUT2D eigenvalue weighted by Gasteiger charge is 2.34. The van der Waals surface area contributed by atoms with E-state index in [9.17, 15) is 9.59 Å². The summed E-state index contributed by atoms with van der Waals surface area (Å²) >= 11 is 0. The standard InChI is InChI=1S/C30H35N7O4/c1-20-7-5-8-24(17-20)37(27(38)19-36-33-29(32-34-36)26-15-10-21(2)41-26)28(22-11-13-23(14-12-22)35(3)4)30(39)31-18-25-9-6-16-40-25/h5,7-8,10-15,17,25,28H,6,9,16,18-19H2,1-4H3,(H,31,39)/t25-,28+/m0/s1. The first-order valence-electron chi connectivity index (χ1n) is 13.7. The van der Waals surface area contributed by atoms with E-state index in [1.807, 2.05) is 87.4 Å². The van der Waals surface area contributed by atoms with Crippen LogP contribution in [0, 0.1) is 13.8 Å². The molecule has 1 aliphatic heterocycles. The van der Waals surface area contributed by atoms with Gasteiger partial charge in [-0.15, -0.1) is 10.2 Å². The molecule has 5 rings (SSSR count). The first-order chi connectivity index (χ1) is 19.8. The van der Waals surface area contributed by atoms with Crippen molar-refractivity contribution >= 4 is 23.2 Å². The number of ether oxygens (including phenoxy) is 1. The molecule has 0 radical (unpaired) electrons. The summed E-state index contributed by atoms with van der Waals surface area (Å²) in [5.74, 6) is 0.785. The maximum atomic E-state index is 14.1. The molecular weight excluding hydrogens is 522 g/mol. The van der Waals surface area contributed by atoms with Gasteiger partial charge in [-0.05, 0) is 79.4 Å². The van der Waals surface area contributed by atoms with Crippen LogP contribution in [0.4, 0.5) is 11.4 Å². The minimum absolute atomic E-state index is 0.0400. The van der Waals surface area contributed by atoms with E-state index in [2.05, 4.69) is 20.7 Å². The molecule has 0 aliphatic carbocycles. The topological polar surface area (TPSA) is 119 Å². The number of aryl methyl sites for hydroxylation is 2. The zero-order chi connectivity index (χ0) is 28.9. The molecule has 2 aromatic carbocycles. The maximum Gasteiger partial charge on any atom is 0.251 e. The molecule has 0 spiro atoms. The van der Waals surface area contributed by atoms with Gasteiger partial charge in [-0.3, -0.25) is 14.5 Å². The molecule has 2 atom stereocenters. The van der Waals surface area contributed by atoms with Crippen molar-refractivity contribution in [2.75, 3.05) is 37.0 Å². The Labute approximate surface area is 239 Å². The average Bonchev–Trinajstić information content (AvgIpc) is 3.73. The number of nitrogens with zero attached hydrogens (tertiary/aromatic N) is 6. The Bertz CT molecular complexity index is 1490. The summed E-state index contributed by atoms with van der Waals surface area (Å²) in [6.45, 7) is 4.60. The fourth-order valence-corrected chi connectivity index (χ4v) is 4.86. The molecule has 0 bridgehead atoms. The maximum absolute atomic E-state index is 14.1. The Morgan fingerprint density at radius 2 is 1.88 bits per heavy atom. The van der Waals surface area contributed by atoms with Gasteiger partial charge in [0, 0.05) is 38.6 Å². The number of aromatic nitrogens is 4. The van der Waals surface area contributed by atoms with Crippen LogP contribution in [0.3, 0.4) is 0 Å². The number of amides is 2. The molecule has 0 unspecified atom stereocenters. The van der Waals surface area contributed by atoms with Gasteiger partial charge in [0.25, 0.3) is 5.91 Å². The third kappa shape index (κ3) is 6.63. The Morgan fingerprint density at radius 1 is 1.07 bits per heavy atom. The van der Waals surface area contributed by atoms with Crippen LogP contribution in [0.1, 0.15) is 35.8 Å². The molecule has 11 heteroatoms. The van der Waals surface area contributed by atoms with Crippen molar-refractivity contribution in [3.8, 4) is 11.6 Å². The second kappa shape index (κ2) is 12.3. The van der Waals surface area contributed by atoms with Crippen molar-refractivity contribution < 1.29 is 18.7 Å². The predicted octanol–water partition coefficient (Wildman–Crippen LogP) is 3.69. The molecule has 1 N–H and O–H groups in total. The summed E-state index contributed by atoms with van der Waals surface area (Å²) in [7, 11) is 3.90. The van der Waals surface area contributed by atoms with Crippen molar-refractivity contribution in [3.05, 3.63) is 77.6 Å². The van der Waals surface area contributed by atoms with Gasteiger partial charge in [-0.25, -0.2) is 0 Å². The number of carbonyl (C=O) groups is 2. The summed E-state index contributed by atoms with van der Waals surface area (Å²) < 4.78 is 11.3. The minimum Gasteiger partial charge on any atom is -0.458 e. The Hall–Kier alpha value is -4.51. The number of tetrazole rings is 1. The van der Waals surface area contributed by atoms with Gasteiger partial charge >= 0.3 is 0 Å². The van der Waals surface area contributed by atoms with Gasteiger partial charge in [0.15, 0.2) is 5.76 Å². The average molecular weight is 558 g/mol. The second-order valence-corrected chi connectivity index (χ2v) is 10.4. The van der Waals surface area contributed by atoms with Crippen LogP contribution in [-0.4, -0.2) is 65.4 Å². The van der Waals surface area contributed by atoms with Gasteiger partial charge in [0.1, 0.15) is 18.3 Å². The van der Waals surface area contributed by atoms with E-state index in [1.54, 1.807) is 6.07 Å².